The van der Waals surface area contributed by atoms with Crippen molar-refractivity contribution < 1.29 is 4.79 Å². The largest absolute Gasteiger partial charge is 0.368 e. The molecule has 2 aromatic carbocycles. The number of piperazine rings is 1. The summed E-state index contributed by atoms with van der Waals surface area (Å²) >= 11 is 6.12. The molecule has 28 heavy (non-hydrogen) atoms. The molecule has 0 atom stereocenters. The van der Waals surface area contributed by atoms with Crippen molar-refractivity contribution in [3.05, 3.63) is 64.3 Å². The third kappa shape index (κ3) is 3.16. The number of benzene rings is 2. The standard InChI is InChI=1S/C23H24ClN3O/c24-17-4-3-5-18(15-17)26-10-12-27(13-11-26)23(28)16-8-9-22-20(14-16)19-6-1-2-7-21(19)25-22/h3-5,8-9,14-15,25H,1-2,6-7,10-13H2. The van der Waals surface area contributed by atoms with Crippen molar-refractivity contribution in [3.63, 3.8) is 0 Å². The van der Waals surface area contributed by atoms with Gasteiger partial charge in [0.15, 0.2) is 0 Å². The Kier molecular flexibility index (Phi) is 4.52. The van der Waals surface area contributed by atoms with Crippen molar-refractivity contribution >= 4 is 34.1 Å². The summed E-state index contributed by atoms with van der Waals surface area (Å²) in [6.07, 6.45) is 4.73. The second kappa shape index (κ2) is 7.17. The van der Waals surface area contributed by atoms with E-state index in [1.54, 1.807) is 0 Å². The molecule has 144 valence electrons. The minimum Gasteiger partial charge on any atom is -0.368 e. The number of aromatic amines is 1. The molecule has 1 saturated heterocycles. The number of nitrogens with zero attached hydrogens (tertiary/aromatic N) is 2. The first kappa shape index (κ1) is 17.6. The van der Waals surface area contributed by atoms with Crippen molar-refractivity contribution in [2.75, 3.05) is 31.1 Å². The summed E-state index contributed by atoms with van der Waals surface area (Å²) in [5.74, 6) is 0.137. The van der Waals surface area contributed by atoms with Gasteiger partial charge in [-0.15, -0.1) is 0 Å². The molecule has 4 nitrogen and oxygen atoms in total. The maximum absolute atomic E-state index is 13.1. The predicted molar refractivity (Wildman–Crippen MR) is 115 cm³/mol. The third-order valence-corrected chi connectivity index (χ3v) is 6.32. The van der Waals surface area contributed by atoms with Gasteiger partial charge in [0.05, 0.1) is 0 Å². The highest BCUT2D eigenvalue weighted by Crippen LogP contribution is 2.30. The lowest BCUT2D eigenvalue weighted by Crippen LogP contribution is -2.48. The molecule has 0 unspecified atom stereocenters. The molecule has 3 aromatic rings. The molecule has 0 spiro atoms. The number of carbonyl (C=O) groups excluding carboxylic acids is 1. The van der Waals surface area contributed by atoms with Gasteiger partial charge in [0, 0.05) is 59.0 Å². The number of fused-ring (bicyclic) bond motifs is 3. The van der Waals surface area contributed by atoms with Crippen LogP contribution in [0.2, 0.25) is 5.02 Å². The zero-order valence-corrected chi connectivity index (χ0v) is 16.6. The second-order valence-electron chi connectivity index (χ2n) is 7.81. The summed E-state index contributed by atoms with van der Waals surface area (Å²) in [6, 6.07) is 14.1. The topological polar surface area (TPSA) is 39.3 Å². The Labute approximate surface area is 170 Å². The molecule has 0 saturated carbocycles. The van der Waals surface area contributed by atoms with Crippen LogP contribution in [0, 0.1) is 0 Å². The average Bonchev–Trinajstić information content (AvgIpc) is 3.11. The number of nitrogens with one attached hydrogen (secondary N) is 1. The Hall–Kier alpha value is -2.46. The van der Waals surface area contributed by atoms with Crippen LogP contribution in [0.3, 0.4) is 0 Å². The van der Waals surface area contributed by atoms with Crippen LogP contribution in [0.4, 0.5) is 5.69 Å². The predicted octanol–water partition coefficient (Wildman–Crippen LogP) is 4.66. The normalized spacial score (nSPS) is 17.0. The van der Waals surface area contributed by atoms with Crippen LogP contribution in [0.15, 0.2) is 42.5 Å². The van der Waals surface area contributed by atoms with Gasteiger partial charge in [0.1, 0.15) is 0 Å². The van der Waals surface area contributed by atoms with Crippen molar-refractivity contribution in [1.29, 1.82) is 0 Å². The SMILES string of the molecule is O=C(c1ccc2[nH]c3c(c2c1)CCCC3)N1CCN(c2cccc(Cl)c2)CC1. The summed E-state index contributed by atoms with van der Waals surface area (Å²) in [5.41, 5.74) is 5.87. The van der Waals surface area contributed by atoms with Crippen LogP contribution in [0.1, 0.15) is 34.5 Å². The van der Waals surface area contributed by atoms with E-state index in [9.17, 15) is 4.79 Å². The fraction of sp³-hybridized carbons (Fsp3) is 0.348. The van der Waals surface area contributed by atoms with Gasteiger partial charge in [-0.25, -0.2) is 0 Å². The molecule has 5 heteroatoms. The van der Waals surface area contributed by atoms with E-state index in [-0.39, 0.29) is 5.91 Å². The number of H-pyrrole nitrogens is 1. The Morgan fingerprint density at radius 1 is 0.964 bits per heavy atom. The van der Waals surface area contributed by atoms with E-state index in [0.29, 0.717) is 0 Å². The Morgan fingerprint density at radius 2 is 1.79 bits per heavy atom. The van der Waals surface area contributed by atoms with Crippen LogP contribution >= 0.6 is 11.6 Å². The number of hydrogen-bond donors (Lipinski definition) is 1. The van der Waals surface area contributed by atoms with Gasteiger partial charge in [-0.2, -0.15) is 0 Å². The maximum atomic E-state index is 13.1. The monoisotopic (exact) mass is 393 g/mol. The van der Waals surface area contributed by atoms with E-state index in [1.165, 1.54) is 29.5 Å². The summed E-state index contributed by atoms with van der Waals surface area (Å²) in [4.78, 5) is 20.9. The van der Waals surface area contributed by atoms with Gasteiger partial charge in [-0.1, -0.05) is 17.7 Å². The first-order chi connectivity index (χ1) is 13.7. The van der Waals surface area contributed by atoms with Crippen molar-refractivity contribution in [2.45, 2.75) is 25.7 Å². The summed E-state index contributed by atoms with van der Waals surface area (Å²) in [7, 11) is 0. The van der Waals surface area contributed by atoms with Gasteiger partial charge in [0.25, 0.3) is 5.91 Å². The number of anilines is 1. The van der Waals surface area contributed by atoms with Crippen molar-refractivity contribution in [2.24, 2.45) is 0 Å². The number of aryl methyl sites for hydroxylation is 2. The molecule has 0 bridgehead atoms. The smallest absolute Gasteiger partial charge is 0.253 e. The van der Waals surface area contributed by atoms with E-state index in [0.717, 1.165) is 60.8 Å². The summed E-state index contributed by atoms with van der Waals surface area (Å²) in [6.45, 7) is 3.12. The Bertz CT molecular complexity index is 1030. The molecule has 1 N–H and O–H groups in total. The van der Waals surface area contributed by atoms with Gasteiger partial charge in [0.2, 0.25) is 0 Å². The number of halogens is 1. The lowest BCUT2D eigenvalue weighted by Gasteiger charge is -2.36. The van der Waals surface area contributed by atoms with Crippen molar-refractivity contribution in [1.82, 2.24) is 9.88 Å². The number of carbonyl (C=O) groups is 1. The molecule has 2 aliphatic rings. The molecule has 5 rings (SSSR count). The second-order valence-corrected chi connectivity index (χ2v) is 8.25. The van der Waals surface area contributed by atoms with Crippen LogP contribution in [-0.2, 0) is 12.8 Å². The Balaban J connectivity index is 1.33. The molecule has 1 aliphatic heterocycles. The number of rotatable bonds is 2. The van der Waals surface area contributed by atoms with Gasteiger partial charge < -0.3 is 14.8 Å². The number of hydrogen-bond acceptors (Lipinski definition) is 2. The summed E-state index contributed by atoms with van der Waals surface area (Å²) in [5, 5.41) is 1.98. The highest BCUT2D eigenvalue weighted by atomic mass is 35.5. The fourth-order valence-corrected chi connectivity index (χ4v) is 4.75. The fourth-order valence-electron chi connectivity index (χ4n) is 4.56. The molecule has 1 aromatic heterocycles. The van der Waals surface area contributed by atoms with E-state index >= 15 is 0 Å². The third-order valence-electron chi connectivity index (χ3n) is 6.09. The first-order valence-corrected chi connectivity index (χ1v) is 10.5. The minimum atomic E-state index is 0.137. The van der Waals surface area contributed by atoms with Crippen LogP contribution in [0.25, 0.3) is 10.9 Å². The maximum Gasteiger partial charge on any atom is 0.253 e. The molecule has 2 heterocycles. The van der Waals surface area contributed by atoms with Crippen LogP contribution < -0.4 is 4.90 Å². The van der Waals surface area contributed by atoms with Crippen LogP contribution in [-0.4, -0.2) is 42.0 Å². The van der Waals surface area contributed by atoms with Gasteiger partial charge in [-0.3, -0.25) is 4.79 Å². The molecular formula is C23H24ClN3O. The molecule has 1 aliphatic carbocycles. The van der Waals surface area contributed by atoms with Crippen molar-refractivity contribution in [3.8, 4) is 0 Å². The molecular weight excluding hydrogens is 370 g/mol. The molecule has 1 amide bonds. The number of amides is 1. The Morgan fingerprint density at radius 3 is 2.61 bits per heavy atom. The van der Waals surface area contributed by atoms with Gasteiger partial charge in [-0.05, 0) is 67.6 Å². The average molecular weight is 394 g/mol. The quantitative estimate of drug-likeness (QED) is 0.687. The zero-order valence-electron chi connectivity index (χ0n) is 15.9. The molecule has 1 fully saturated rings. The highest BCUT2D eigenvalue weighted by molar-refractivity contribution is 6.30. The lowest BCUT2D eigenvalue weighted by atomic mass is 9.95. The van der Waals surface area contributed by atoms with E-state index < -0.39 is 0 Å². The van der Waals surface area contributed by atoms with Gasteiger partial charge >= 0.3 is 0 Å². The van der Waals surface area contributed by atoms with E-state index in [1.807, 2.05) is 29.2 Å². The number of aromatic nitrogens is 1. The molecule has 0 radical (unpaired) electrons. The highest BCUT2D eigenvalue weighted by Gasteiger charge is 2.23. The first-order valence-electron chi connectivity index (χ1n) is 10.1. The summed E-state index contributed by atoms with van der Waals surface area (Å²) < 4.78 is 0. The lowest BCUT2D eigenvalue weighted by molar-refractivity contribution is 0.0747. The van der Waals surface area contributed by atoms with E-state index in [4.69, 9.17) is 11.6 Å². The zero-order chi connectivity index (χ0) is 19.1. The van der Waals surface area contributed by atoms with Crippen LogP contribution in [0.5, 0.6) is 0 Å². The van der Waals surface area contributed by atoms with E-state index in [2.05, 4.69) is 28.1 Å². The minimum absolute atomic E-state index is 0.137.